The van der Waals surface area contributed by atoms with Crippen molar-refractivity contribution in [2.45, 2.75) is 6.10 Å². The molecule has 0 spiro atoms. The van der Waals surface area contributed by atoms with E-state index in [0.717, 1.165) is 5.56 Å². The van der Waals surface area contributed by atoms with E-state index in [2.05, 4.69) is 12.3 Å². The van der Waals surface area contributed by atoms with Crippen molar-refractivity contribution in [3.05, 3.63) is 53.2 Å². The largest absolute Gasteiger partial charge is 0.384 e. The molecular weight excluding hydrogens is 172 g/mol. The number of hydrogen-bond acceptors (Lipinski definition) is 1. The van der Waals surface area contributed by atoms with E-state index in [4.69, 9.17) is 11.6 Å². The van der Waals surface area contributed by atoms with Gasteiger partial charge >= 0.3 is 0 Å². The van der Waals surface area contributed by atoms with Gasteiger partial charge in [0.15, 0.2) is 0 Å². The van der Waals surface area contributed by atoms with Crippen LogP contribution in [0.5, 0.6) is 0 Å². The minimum atomic E-state index is -0.639. The lowest BCUT2D eigenvalue weighted by Crippen LogP contribution is -1.90. The maximum absolute atomic E-state index is 9.41. The van der Waals surface area contributed by atoms with Gasteiger partial charge in [-0.25, -0.2) is 0 Å². The summed E-state index contributed by atoms with van der Waals surface area (Å²) in [4.78, 5) is 0. The lowest BCUT2D eigenvalue weighted by molar-refractivity contribution is 0.229. The van der Waals surface area contributed by atoms with Crippen LogP contribution in [0.25, 0.3) is 0 Å². The van der Waals surface area contributed by atoms with Crippen LogP contribution in [-0.2, 0) is 0 Å². The molecule has 0 amide bonds. The van der Waals surface area contributed by atoms with E-state index in [1.165, 1.54) is 6.08 Å². The van der Waals surface area contributed by atoms with Gasteiger partial charge in [0, 0.05) is 5.02 Å². The predicted molar refractivity (Wildman–Crippen MR) is 50.1 cm³/mol. The number of halogens is 1. The van der Waals surface area contributed by atoms with E-state index < -0.39 is 6.10 Å². The lowest BCUT2D eigenvalue weighted by atomic mass is 10.1. The minimum absolute atomic E-state index is 0.639. The second-order valence-corrected chi connectivity index (χ2v) is 2.80. The van der Waals surface area contributed by atoms with E-state index in [0.29, 0.717) is 5.02 Å². The molecule has 0 aliphatic rings. The van der Waals surface area contributed by atoms with Crippen molar-refractivity contribution in [1.82, 2.24) is 0 Å². The summed E-state index contributed by atoms with van der Waals surface area (Å²) < 4.78 is 0. The number of hydrogen-bond donors (Lipinski definition) is 1. The van der Waals surface area contributed by atoms with Crippen LogP contribution < -0.4 is 0 Å². The zero-order valence-electron chi connectivity index (χ0n) is 6.50. The van der Waals surface area contributed by atoms with Crippen LogP contribution in [0.15, 0.2) is 42.7 Å². The van der Waals surface area contributed by atoms with Gasteiger partial charge in [0.05, 0.1) is 0 Å². The molecule has 1 rings (SSSR count). The molecule has 0 aliphatic carbocycles. The molecule has 0 radical (unpaired) electrons. The molecule has 1 aromatic rings. The van der Waals surface area contributed by atoms with E-state index >= 15 is 0 Å². The third-order valence-corrected chi connectivity index (χ3v) is 1.74. The fourth-order valence-electron chi connectivity index (χ4n) is 0.868. The molecule has 0 aliphatic heterocycles. The molecule has 0 saturated heterocycles. The van der Waals surface area contributed by atoms with Crippen LogP contribution in [0, 0.1) is 0 Å². The van der Waals surface area contributed by atoms with E-state index in [-0.39, 0.29) is 0 Å². The number of benzene rings is 1. The van der Waals surface area contributed by atoms with Crippen molar-refractivity contribution in [2.75, 3.05) is 0 Å². The van der Waals surface area contributed by atoms with Crippen molar-refractivity contribution in [3.8, 4) is 0 Å². The number of aliphatic hydroxyl groups is 1. The van der Waals surface area contributed by atoms with Crippen molar-refractivity contribution < 1.29 is 5.11 Å². The molecule has 1 atom stereocenters. The summed E-state index contributed by atoms with van der Waals surface area (Å²) in [5, 5.41) is 10.1. The smallest absolute Gasteiger partial charge is 0.104 e. The third kappa shape index (κ3) is 2.24. The van der Waals surface area contributed by atoms with E-state index in [1.54, 1.807) is 24.3 Å². The Morgan fingerprint density at radius 1 is 1.42 bits per heavy atom. The Kier molecular flexibility index (Phi) is 3.12. The van der Waals surface area contributed by atoms with Crippen LogP contribution in [0.4, 0.5) is 0 Å². The van der Waals surface area contributed by atoms with E-state index in [9.17, 15) is 5.11 Å². The molecule has 1 aromatic carbocycles. The fraction of sp³-hybridized carbons (Fsp3) is 0.100. The third-order valence-electron chi connectivity index (χ3n) is 1.49. The maximum Gasteiger partial charge on any atom is 0.104 e. The van der Waals surface area contributed by atoms with Crippen molar-refractivity contribution in [3.63, 3.8) is 0 Å². The zero-order chi connectivity index (χ0) is 8.97. The highest BCUT2D eigenvalue weighted by molar-refractivity contribution is 6.30. The molecule has 2 heteroatoms. The topological polar surface area (TPSA) is 20.2 Å². The SMILES string of the molecule is C=C=CC(O)c1ccc(Cl)cc1. The molecule has 62 valence electrons. The highest BCUT2D eigenvalue weighted by Crippen LogP contribution is 2.16. The first-order chi connectivity index (χ1) is 5.74. The standard InChI is InChI=1S/C10H9ClO/c1-2-3-10(12)8-4-6-9(11)7-5-8/h3-7,10,12H,1H2. The highest BCUT2D eigenvalue weighted by atomic mass is 35.5. The first-order valence-electron chi connectivity index (χ1n) is 3.53. The van der Waals surface area contributed by atoms with Gasteiger partial charge in [0.1, 0.15) is 6.10 Å². The van der Waals surface area contributed by atoms with Gasteiger partial charge in [-0.3, -0.25) is 0 Å². The van der Waals surface area contributed by atoms with Crippen LogP contribution >= 0.6 is 11.6 Å². The molecule has 0 bridgehead atoms. The molecule has 1 N–H and O–H groups in total. The molecule has 1 unspecified atom stereocenters. The summed E-state index contributed by atoms with van der Waals surface area (Å²) in [5.74, 6) is 0. The summed E-state index contributed by atoms with van der Waals surface area (Å²) in [7, 11) is 0. The Labute approximate surface area is 76.6 Å². The monoisotopic (exact) mass is 180 g/mol. The highest BCUT2D eigenvalue weighted by Gasteiger charge is 2.01. The van der Waals surface area contributed by atoms with Crippen molar-refractivity contribution in [2.24, 2.45) is 0 Å². The first kappa shape index (κ1) is 9.08. The molecule has 12 heavy (non-hydrogen) atoms. The van der Waals surface area contributed by atoms with Crippen molar-refractivity contribution >= 4 is 11.6 Å². The summed E-state index contributed by atoms with van der Waals surface area (Å²) in [6.07, 6.45) is 0.850. The van der Waals surface area contributed by atoms with Crippen LogP contribution in [0.1, 0.15) is 11.7 Å². The van der Waals surface area contributed by atoms with Gasteiger partial charge < -0.3 is 5.11 Å². The molecule has 0 aromatic heterocycles. The summed E-state index contributed by atoms with van der Waals surface area (Å²) >= 11 is 5.67. The van der Waals surface area contributed by atoms with Gasteiger partial charge in [0.25, 0.3) is 0 Å². The van der Waals surface area contributed by atoms with Gasteiger partial charge in [-0.05, 0) is 23.8 Å². The molecule has 1 nitrogen and oxygen atoms in total. The lowest BCUT2D eigenvalue weighted by Gasteiger charge is -2.03. The average Bonchev–Trinajstić information content (AvgIpc) is 2.06. The van der Waals surface area contributed by atoms with E-state index in [1.807, 2.05) is 0 Å². The Morgan fingerprint density at radius 3 is 2.50 bits per heavy atom. The van der Waals surface area contributed by atoms with Gasteiger partial charge in [0.2, 0.25) is 0 Å². The second kappa shape index (κ2) is 4.13. The summed E-state index contributed by atoms with van der Waals surface area (Å²) in [6.45, 7) is 3.38. The molecule has 0 heterocycles. The van der Waals surface area contributed by atoms with Crippen LogP contribution in [0.3, 0.4) is 0 Å². The maximum atomic E-state index is 9.41. The molecule has 0 fully saturated rings. The number of rotatable bonds is 2. The first-order valence-corrected chi connectivity index (χ1v) is 3.91. The Hall–Kier alpha value is -1.01. The molecular formula is C10H9ClO. The van der Waals surface area contributed by atoms with Crippen LogP contribution in [-0.4, -0.2) is 5.11 Å². The average molecular weight is 181 g/mol. The predicted octanol–water partition coefficient (Wildman–Crippen LogP) is 2.71. The molecule has 0 saturated carbocycles. The van der Waals surface area contributed by atoms with Crippen LogP contribution in [0.2, 0.25) is 5.02 Å². The minimum Gasteiger partial charge on any atom is -0.384 e. The normalized spacial score (nSPS) is 11.8. The Morgan fingerprint density at radius 2 is 2.00 bits per heavy atom. The zero-order valence-corrected chi connectivity index (χ0v) is 7.25. The quantitative estimate of drug-likeness (QED) is 0.694. The summed E-state index contributed by atoms with van der Waals surface area (Å²) in [5.41, 5.74) is 3.31. The Bertz CT molecular complexity index is 296. The van der Waals surface area contributed by atoms with Gasteiger partial charge in [-0.2, -0.15) is 0 Å². The number of aliphatic hydroxyl groups excluding tert-OH is 1. The second-order valence-electron chi connectivity index (χ2n) is 2.37. The van der Waals surface area contributed by atoms with Crippen molar-refractivity contribution in [1.29, 1.82) is 0 Å². The van der Waals surface area contributed by atoms with Gasteiger partial charge in [-0.1, -0.05) is 30.3 Å². The fourth-order valence-corrected chi connectivity index (χ4v) is 0.994. The summed E-state index contributed by atoms with van der Waals surface area (Å²) in [6, 6.07) is 7.00. The van der Waals surface area contributed by atoms with Gasteiger partial charge in [-0.15, -0.1) is 5.73 Å². The Balaban J connectivity index is 2.89.